The van der Waals surface area contributed by atoms with Gasteiger partial charge in [0, 0.05) is 18.4 Å². The third kappa shape index (κ3) is 4.83. The Hall–Kier alpha value is -2.38. The number of pyridine rings is 1. The predicted molar refractivity (Wildman–Crippen MR) is 90.2 cm³/mol. The van der Waals surface area contributed by atoms with Crippen LogP contribution < -0.4 is 5.32 Å². The van der Waals surface area contributed by atoms with Gasteiger partial charge in [0.2, 0.25) is 5.91 Å². The lowest BCUT2D eigenvalue weighted by molar-refractivity contribution is -0.126. The maximum absolute atomic E-state index is 13.7. The van der Waals surface area contributed by atoms with E-state index in [2.05, 4.69) is 10.3 Å². The van der Waals surface area contributed by atoms with E-state index in [0.717, 1.165) is 11.8 Å². The second-order valence-corrected chi connectivity index (χ2v) is 6.10. The number of nitrogens with one attached hydrogen (secondary N) is 1. The molecule has 0 radical (unpaired) electrons. The third-order valence-corrected chi connectivity index (χ3v) is 4.19. The Labute approximate surface area is 150 Å². The molecule has 0 aliphatic carbocycles. The van der Waals surface area contributed by atoms with Gasteiger partial charge in [0.25, 0.3) is 0 Å². The van der Waals surface area contributed by atoms with Gasteiger partial charge in [-0.25, -0.2) is 8.78 Å². The molecule has 2 aromatic rings. The van der Waals surface area contributed by atoms with E-state index in [1.807, 2.05) is 18.2 Å². The fourth-order valence-corrected chi connectivity index (χ4v) is 2.84. The number of halogens is 2. The van der Waals surface area contributed by atoms with E-state index in [1.165, 1.54) is 12.1 Å². The Kier molecular flexibility index (Phi) is 6.25. The summed E-state index contributed by atoms with van der Waals surface area (Å²) in [7, 11) is 0. The van der Waals surface area contributed by atoms with E-state index in [4.69, 9.17) is 9.47 Å². The molecule has 1 fully saturated rings. The Balaban J connectivity index is 1.57. The van der Waals surface area contributed by atoms with E-state index in [0.29, 0.717) is 26.2 Å². The molecule has 138 valence electrons. The van der Waals surface area contributed by atoms with Crippen LogP contribution in [-0.4, -0.2) is 36.3 Å². The maximum atomic E-state index is 13.7. The van der Waals surface area contributed by atoms with Crippen molar-refractivity contribution in [3.63, 3.8) is 0 Å². The zero-order valence-corrected chi connectivity index (χ0v) is 14.2. The van der Waals surface area contributed by atoms with Gasteiger partial charge in [-0.05, 0) is 24.6 Å². The number of nitrogens with zero attached hydrogens (tertiary/aromatic N) is 1. The summed E-state index contributed by atoms with van der Waals surface area (Å²) in [4.78, 5) is 16.4. The molecule has 1 aliphatic heterocycles. The van der Waals surface area contributed by atoms with Crippen molar-refractivity contribution in [3.05, 3.63) is 65.5 Å². The number of carbonyl (C=O) groups is 1. The van der Waals surface area contributed by atoms with Crippen LogP contribution >= 0.6 is 0 Å². The number of aromatic nitrogens is 1. The number of hydrogen-bond acceptors (Lipinski definition) is 4. The molecule has 1 aromatic heterocycles. The van der Waals surface area contributed by atoms with Crippen molar-refractivity contribution in [1.29, 1.82) is 0 Å². The number of ether oxygens (including phenoxy) is 2. The molecule has 26 heavy (non-hydrogen) atoms. The highest BCUT2D eigenvalue weighted by Crippen LogP contribution is 2.15. The minimum absolute atomic E-state index is 0.0187. The average Bonchev–Trinajstić information content (AvgIpc) is 2.65. The van der Waals surface area contributed by atoms with Crippen molar-refractivity contribution in [2.24, 2.45) is 0 Å². The van der Waals surface area contributed by atoms with Crippen LogP contribution in [0.3, 0.4) is 0 Å². The van der Waals surface area contributed by atoms with E-state index >= 15 is 0 Å². The molecule has 0 spiro atoms. The quantitative estimate of drug-likeness (QED) is 0.857. The maximum Gasteiger partial charge on any atom is 0.224 e. The number of hydrogen-bond donors (Lipinski definition) is 1. The summed E-state index contributed by atoms with van der Waals surface area (Å²) in [6.07, 6.45) is 1.85. The molecule has 1 aromatic carbocycles. The molecule has 0 saturated carbocycles. The minimum Gasteiger partial charge on any atom is -0.379 e. The lowest BCUT2D eigenvalue weighted by Gasteiger charge is -2.32. The highest BCUT2D eigenvalue weighted by Gasteiger charge is 2.28. The summed E-state index contributed by atoms with van der Waals surface area (Å²) in [6, 6.07) is 9.01. The SMILES string of the molecule is O=C(Cc1cccc(F)c1F)N[C@@H]1COCC[C@@H]1OCc1ccccn1. The molecule has 1 N–H and O–H groups in total. The fraction of sp³-hybridized carbons (Fsp3) is 0.368. The molecule has 1 aliphatic rings. The van der Waals surface area contributed by atoms with Gasteiger partial charge >= 0.3 is 0 Å². The van der Waals surface area contributed by atoms with E-state index < -0.39 is 17.5 Å². The van der Waals surface area contributed by atoms with Crippen LogP contribution in [0.4, 0.5) is 8.78 Å². The highest BCUT2D eigenvalue weighted by molar-refractivity contribution is 5.79. The molecule has 5 nitrogen and oxygen atoms in total. The Morgan fingerprint density at radius 1 is 1.27 bits per heavy atom. The van der Waals surface area contributed by atoms with Crippen LogP contribution in [0, 0.1) is 11.6 Å². The van der Waals surface area contributed by atoms with Gasteiger partial charge in [-0.2, -0.15) is 0 Å². The number of benzene rings is 1. The van der Waals surface area contributed by atoms with Gasteiger partial charge in [-0.1, -0.05) is 18.2 Å². The summed E-state index contributed by atoms with van der Waals surface area (Å²) < 4.78 is 38.3. The third-order valence-electron chi connectivity index (χ3n) is 4.19. The second kappa shape index (κ2) is 8.82. The summed E-state index contributed by atoms with van der Waals surface area (Å²) in [5.74, 6) is -2.37. The first-order valence-electron chi connectivity index (χ1n) is 8.45. The molecule has 3 rings (SSSR count). The first kappa shape index (κ1) is 18.4. The molecular formula is C19H20F2N2O3. The van der Waals surface area contributed by atoms with Crippen molar-refractivity contribution in [3.8, 4) is 0 Å². The van der Waals surface area contributed by atoms with E-state index in [-0.39, 0.29) is 24.1 Å². The average molecular weight is 362 g/mol. The zero-order valence-electron chi connectivity index (χ0n) is 14.2. The number of amides is 1. The van der Waals surface area contributed by atoms with Gasteiger partial charge < -0.3 is 14.8 Å². The van der Waals surface area contributed by atoms with Gasteiger partial charge in [0.15, 0.2) is 11.6 Å². The van der Waals surface area contributed by atoms with Crippen molar-refractivity contribution >= 4 is 5.91 Å². The largest absolute Gasteiger partial charge is 0.379 e. The predicted octanol–water partition coefficient (Wildman–Crippen LogP) is 2.39. The van der Waals surface area contributed by atoms with Crippen LogP contribution in [0.1, 0.15) is 17.7 Å². The lowest BCUT2D eigenvalue weighted by atomic mass is 10.1. The molecule has 2 heterocycles. The first-order chi connectivity index (χ1) is 12.6. The molecule has 1 amide bonds. The van der Waals surface area contributed by atoms with Crippen molar-refractivity contribution in [2.75, 3.05) is 13.2 Å². The fourth-order valence-electron chi connectivity index (χ4n) is 2.84. The normalized spacial score (nSPS) is 19.9. The number of rotatable bonds is 6. The van der Waals surface area contributed by atoms with Crippen molar-refractivity contribution in [1.82, 2.24) is 10.3 Å². The van der Waals surface area contributed by atoms with Crippen LogP contribution in [0.5, 0.6) is 0 Å². The second-order valence-electron chi connectivity index (χ2n) is 6.10. The van der Waals surface area contributed by atoms with Crippen molar-refractivity contribution in [2.45, 2.75) is 31.6 Å². The zero-order chi connectivity index (χ0) is 18.4. The summed E-state index contributed by atoms with van der Waals surface area (Å²) in [5.41, 5.74) is 0.816. The molecule has 2 atom stereocenters. The number of carbonyl (C=O) groups excluding carboxylic acids is 1. The van der Waals surface area contributed by atoms with Crippen LogP contribution in [0.15, 0.2) is 42.6 Å². The van der Waals surface area contributed by atoms with Crippen LogP contribution in [0.2, 0.25) is 0 Å². The van der Waals surface area contributed by atoms with E-state index in [1.54, 1.807) is 6.20 Å². The summed E-state index contributed by atoms with van der Waals surface area (Å²) in [6.45, 7) is 1.18. The first-order valence-corrected chi connectivity index (χ1v) is 8.45. The Bertz CT molecular complexity index is 743. The highest BCUT2D eigenvalue weighted by atomic mass is 19.2. The molecular weight excluding hydrogens is 342 g/mol. The van der Waals surface area contributed by atoms with Gasteiger partial charge in [0.1, 0.15) is 0 Å². The smallest absolute Gasteiger partial charge is 0.224 e. The molecule has 0 bridgehead atoms. The Morgan fingerprint density at radius 2 is 2.15 bits per heavy atom. The molecule has 1 saturated heterocycles. The van der Waals surface area contributed by atoms with Crippen LogP contribution in [-0.2, 0) is 27.3 Å². The monoisotopic (exact) mass is 362 g/mol. The molecule has 0 unspecified atom stereocenters. The van der Waals surface area contributed by atoms with Gasteiger partial charge in [0.05, 0.1) is 37.5 Å². The lowest BCUT2D eigenvalue weighted by Crippen LogP contribution is -2.51. The Morgan fingerprint density at radius 3 is 2.96 bits per heavy atom. The summed E-state index contributed by atoms with van der Waals surface area (Å²) in [5, 5.41) is 2.80. The standard InChI is InChI=1S/C19H20F2N2O3/c20-15-6-3-4-13(19(15)21)10-18(24)23-16-12-25-9-7-17(16)26-11-14-5-1-2-8-22-14/h1-6,8,16-17H,7,9-12H2,(H,23,24)/t16-,17+/m1/s1. The van der Waals surface area contributed by atoms with Gasteiger partial charge in [-0.3, -0.25) is 9.78 Å². The van der Waals surface area contributed by atoms with Crippen molar-refractivity contribution < 1.29 is 23.0 Å². The topological polar surface area (TPSA) is 60.5 Å². The van der Waals surface area contributed by atoms with E-state index in [9.17, 15) is 13.6 Å². The molecule has 7 heteroatoms. The van der Waals surface area contributed by atoms with Crippen LogP contribution in [0.25, 0.3) is 0 Å². The van der Waals surface area contributed by atoms with Gasteiger partial charge in [-0.15, -0.1) is 0 Å². The summed E-state index contributed by atoms with van der Waals surface area (Å²) >= 11 is 0. The minimum atomic E-state index is -0.995.